The van der Waals surface area contributed by atoms with E-state index in [4.69, 9.17) is 5.73 Å². The first-order valence-corrected chi connectivity index (χ1v) is 8.42. The number of fused-ring (bicyclic) bond motifs is 1. The number of carbonyl (C=O) groups excluding carboxylic acids is 1. The lowest BCUT2D eigenvalue weighted by molar-refractivity contribution is -0.127. The third-order valence-electron chi connectivity index (χ3n) is 4.21. The smallest absolute Gasteiger partial charge is 0.244 e. The Hall–Kier alpha value is -1.44. The van der Waals surface area contributed by atoms with Crippen LogP contribution in [-0.4, -0.2) is 26.7 Å². The van der Waals surface area contributed by atoms with Crippen LogP contribution in [0.15, 0.2) is 28.7 Å². The van der Waals surface area contributed by atoms with Crippen molar-refractivity contribution in [1.29, 1.82) is 0 Å². The molecule has 1 amide bonds. The van der Waals surface area contributed by atoms with Gasteiger partial charge in [0.05, 0.1) is 6.54 Å². The van der Waals surface area contributed by atoms with Crippen molar-refractivity contribution >= 4 is 34.2 Å². The zero-order chi connectivity index (χ0) is 16.6. The van der Waals surface area contributed by atoms with Gasteiger partial charge in [-0.2, -0.15) is 5.10 Å². The molecule has 1 aliphatic rings. The number of halogens is 2. The summed E-state index contributed by atoms with van der Waals surface area (Å²) in [6.07, 6.45) is 1.66. The first-order valence-electron chi connectivity index (χ1n) is 7.62. The second-order valence-electron chi connectivity index (χ2n) is 6.18. The quantitative estimate of drug-likeness (QED) is 0.805. The summed E-state index contributed by atoms with van der Waals surface area (Å²) in [4.78, 5) is 17.0. The topological polar surface area (TPSA) is 85.8 Å². The molecule has 0 spiro atoms. The maximum Gasteiger partial charge on any atom is 0.244 e. The number of hydrogen-bond donors (Lipinski definition) is 2. The Morgan fingerprint density at radius 1 is 1.42 bits per heavy atom. The molecule has 0 saturated carbocycles. The normalized spacial score (nSPS) is 18.9. The van der Waals surface area contributed by atoms with Gasteiger partial charge in [0.2, 0.25) is 5.91 Å². The summed E-state index contributed by atoms with van der Waals surface area (Å²) in [6.45, 7) is 4.25. The Balaban J connectivity index is 0.00000208. The van der Waals surface area contributed by atoms with E-state index in [0.717, 1.165) is 34.5 Å². The maximum atomic E-state index is 12.6. The number of nitrogens with one attached hydrogen (secondary N) is 1. The molecule has 130 valence electrons. The van der Waals surface area contributed by atoms with Crippen molar-refractivity contribution in [2.45, 2.75) is 44.8 Å². The van der Waals surface area contributed by atoms with Gasteiger partial charge in [0.15, 0.2) is 0 Å². The number of aryl methyl sites for hydroxylation is 2. The second-order valence-corrected chi connectivity index (χ2v) is 7.09. The lowest BCUT2D eigenvalue weighted by Gasteiger charge is -2.29. The number of benzene rings is 1. The molecule has 6 nitrogen and oxygen atoms in total. The van der Waals surface area contributed by atoms with E-state index >= 15 is 0 Å². The van der Waals surface area contributed by atoms with Crippen molar-refractivity contribution in [3.63, 3.8) is 0 Å². The highest BCUT2D eigenvalue weighted by molar-refractivity contribution is 9.10. The highest BCUT2D eigenvalue weighted by Gasteiger charge is 2.33. The molecule has 2 atom stereocenters. The number of rotatable bonds is 3. The molecule has 8 heteroatoms. The third-order valence-corrected chi connectivity index (χ3v) is 4.74. The number of nitrogens with zero attached hydrogens (tertiary/aromatic N) is 3. The minimum absolute atomic E-state index is 0. The van der Waals surface area contributed by atoms with Crippen LogP contribution in [0.3, 0.4) is 0 Å². The van der Waals surface area contributed by atoms with Crippen LogP contribution >= 0.6 is 28.3 Å². The van der Waals surface area contributed by atoms with Crippen LogP contribution in [0, 0.1) is 6.92 Å². The van der Waals surface area contributed by atoms with Crippen LogP contribution in [-0.2, 0) is 23.3 Å². The summed E-state index contributed by atoms with van der Waals surface area (Å²) in [5, 5.41) is 7.41. The fraction of sp³-hybridized carbons (Fsp3) is 0.438. The van der Waals surface area contributed by atoms with E-state index in [1.807, 2.05) is 35.9 Å². The summed E-state index contributed by atoms with van der Waals surface area (Å²) in [7, 11) is 0. The number of aromatic nitrogens is 3. The molecule has 2 unspecified atom stereocenters. The second kappa shape index (κ2) is 7.21. The molecule has 0 aliphatic carbocycles. The molecule has 1 aliphatic heterocycles. The van der Waals surface area contributed by atoms with Crippen molar-refractivity contribution in [3.8, 4) is 0 Å². The highest BCUT2D eigenvalue weighted by atomic mass is 79.9. The minimum atomic E-state index is -1.07. The molecule has 0 fully saturated rings. The van der Waals surface area contributed by atoms with E-state index in [-0.39, 0.29) is 24.4 Å². The molecule has 3 N–H and O–H groups in total. The van der Waals surface area contributed by atoms with Gasteiger partial charge in [0.25, 0.3) is 0 Å². The van der Waals surface area contributed by atoms with Gasteiger partial charge >= 0.3 is 0 Å². The van der Waals surface area contributed by atoms with Gasteiger partial charge in [0.1, 0.15) is 17.2 Å². The Kier molecular flexibility index (Phi) is 5.67. The summed E-state index contributed by atoms with van der Waals surface area (Å²) >= 11 is 3.39. The molecular formula is C16H21BrClN5O. The van der Waals surface area contributed by atoms with Crippen LogP contribution in [0.5, 0.6) is 0 Å². The van der Waals surface area contributed by atoms with Crippen LogP contribution in [0.25, 0.3) is 0 Å². The average molecular weight is 415 g/mol. The third kappa shape index (κ3) is 3.79. The number of hydrogen-bond acceptors (Lipinski definition) is 4. The molecule has 1 aromatic heterocycles. The number of amides is 1. The lowest BCUT2D eigenvalue weighted by atomic mass is 9.91. The molecule has 0 bridgehead atoms. The van der Waals surface area contributed by atoms with E-state index in [9.17, 15) is 4.79 Å². The SMILES string of the molecule is Cc1nc2n(n1)CC(NC(=O)C(C)(N)c1ccc(Br)cc1)CC2.Cl. The fourth-order valence-electron chi connectivity index (χ4n) is 2.81. The Morgan fingerprint density at radius 2 is 2.08 bits per heavy atom. The largest absolute Gasteiger partial charge is 0.350 e. The fourth-order valence-corrected chi connectivity index (χ4v) is 3.08. The average Bonchev–Trinajstić information content (AvgIpc) is 2.87. The summed E-state index contributed by atoms with van der Waals surface area (Å²) < 4.78 is 2.83. The predicted octanol–water partition coefficient (Wildman–Crippen LogP) is 2.08. The first kappa shape index (κ1) is 18.9. The van der Waals surface area contributed by atoms with Crippen molar-refractivity contribution < 1.29 is 4.79 Å². The Bertz CT molecular complexity index is 729. The van der Waals surface area contributed by atoms with Gasteiger partial charge in [-0.1, -0.05) is 28.1 Å². The summed E-state index contributed by atoms with van der Waals surface area (Å²) in [5.74, 6) is 1.58. The van der Waals surface area contributed by atoms with Gasteiger partial charge in [-0.05, 0) is 38.0 Å². The highest BCUT2D eigenvalue weighted by Crippen LogP contribution is 2.22. The van der Waals surface area contributed by atoms with Gasteiger partial charge in [0, 0.05) is 16.9 Å². The van der Waals surface area contributed by atoms with Gasteiger partial charge < -0.3 is 11.1 Å². The molecule has 2 aromatic rings. The van der Waals surface area contributed by atoms with Crippen LogP contribution in [0.1, 0.15) is 30.6 Å². The van der Waals surface area contributed by atoms with E-state index in [1.165, 1.54) is 0 Å². The van der Waals surface area contributed by atoms with Gasteiger partial charge in [-0.25, -0.2) is 9.67 Å². The van der Waals surface area contributed by atoms with Crippen LogP contribution < -0.4 is 11.1 Å². The zero-order valence-electron chi connectivity index (χ0n) is 13.6. The predicted molar refractivity (Wildman–Crippen MR) is 97.9 cm³/mol. The zero-order valence-corrected chi connectivity index (χ0v) is 16.0. The minimum Gasteiger partial charge on any atom is -0.350 e. The van der Waals surface area contributed by atoms with Crippen molar-refractivity contribution in [3.05, 3.63) is 46.0 Å². The van der Waals surface area contributed by atoms with Crippen LogP contribution in [0.2, 0.25) is 0 Å². The van der Waals surface area contributed by atoms with Crippen molar-refractivity contribution in [2.24, 2.45) is 5.73 Å². The van der Waals surface area contributed by atoms with E-state index in [0.29, 0.717) is 6.54 Å². The molecule has 1 aromatic carbocycles. The van der Waals surface area contributed by atoms with Crippen LogP contribution in [0.4, 0.5) is 0 Å². The van der Waals surface area contributed by atoms with E-state index in [2.05, 4.69) is 31.3 Å². The number of nitrogens with two attached hydrogens (primary N) is 1. The molecule has 0 saturated heterocycles. The summed E-state index contributed by atoms with van der Waals surface area (Å²) in [6, 6.07) is 7.53. The Morgan fingerprint density at radius 3 is 2.75 bits per heavy atom. The van der Waals surface area contributed by atoms with Gasteiger partial charge in [-0.15, -0.1) is 12.4 Å². The Labute approximate surface area is 155 Å². The van der Waals surface area contributed by atoms with Gasteiger partial charge in [-0.3, -0.25) is 4.79 Å². The summed E-state index contributed by atoms with van der Waals surface area (Å²) in [5.41, 5.74) is 6.00. The molecular weight excluding hydrogens is 394 g/mol. The molecule has 0 radical (unpaired) electrons. The monoisotopic (exact) mass is 413 g/mol. The maximum absolute atomic E-state index is 12.6. The van der Waals surface area contributed by atoms with Crippen molar-refractivity contribution in [1.82, 2.24) is 20.1 Å². The molecule has 3 rings (SSSR count). The molecule has 24 heavy (non-hydrogen) atoms. The van der Waals surface area contributed by atoms with E-state index in [1.54, 1.807) is 6.92 Å². The van der Waals surface area contributed by atoms with E-state index < -0.39 is 5.54 Å². The number of carbonyl (C=O) groups is 1. The lowest BCUT2D eigenvalue weighted by Crippen LogP contribution is -2.53. The van der Waals surface area contributed by atoms with Crippen molar-refractivity contribution in [2.75, 3.05) is 0 Å². The standard InChI is InChI=1S/C16H20BrN5O.ClH/c1-10-19-14-8-7-13(9-22(14)21-10)20-15(23)16(2,18)11-3-5-12(17)6-4-11;/h3-6,13H,7-9,18H2,1-2H3,(H,20,23);1H. The molecule has 2 heterocycles. The first-order chi connectivity index (χ1) is 10.9.